The highest BCUT2D eigenvalue weighted by Gasteiger charge is 2.33. The van der Waals surface area contributed by atoms with Crippen molar-refractivity contribution in [2.24, 2.45) is 4.99 Å². The highest BCUT2D eigenvalue weighted by Crippen LogP contribution is 2.32. The number of hydrogen-bond donors (Lipinski definition) is 0. The largest absolute Gasteiger partial charge is 0.489 e. The molecule has 0 unspecified atom stereocenters. The molecule has 0 N–H and O–H groups in total. The van der Waals surface area contributed by atoms with E-state index in [1.165, 1.54) is 11.3 Å². The van der Waals surface area contributed by atoms with Gasteiger partial charge in [0.15, 0.2) is 4.80 Å². The van der Waals surface area contributed by atoms with Crippen LogP contribution in [0.5, 0.6) is 5.75 Å². The van der Waals surface area contributed by atoms with Gasteiger partial charge >= 0.3 is 5.97 Å². The fourth-order valence-electron chi connectivity index (χ4n) is 4.53. The second kappa shape index (κ2) is 12.7. The van der Waals surface area contributed by atoms with Crippen molar-refractivity contribution < 1.29 is 14.3 Å². The molecule has 1 atom stereocenters. The van der Waals surface area contributed by atoms with Gasteiger partial charge in [-0.25, -0.2) is 9.79 Å². The molecule has 41 heavy (non-hydrogen) atoms. The number of thioether (sulfide) groups is 1. The summed E-state index contributed by atoms with van der Waals surface area (Å²) in [7, 11) is 0. The molecule has 0 saturated heterocycles. The molecule has 4 aromatic rings. The van der Waals surface area contributed by atoms with Crippen LogP contribution in [-0.4, -0.2) is 23.4 Å². The minimum Gasteiger partial charge on any atom is -0.489 e. The van der Waals surface area contributed by atoms with Crippen molar-refractivity contribution in [2.45, 2.75) is 31.4 Å². The minimum atomic E-state index is -0.649. The average Bonchev–Trinajstić information content (AvgIpc) is 3.27. The van der Waals surface area contributed by atoms with Crippen molar-refractivity contribution in [3.05, 3.63) is 124 Å². The fraction of sp³-hybridized carbons (Fsp3) is 0.194. The molecule has 1 aromatic heterocycles. The van der Waals surface area contributed by atoms with Crippen molar-refractivity contribution in [2.75, 3.05) is 12.9 Å². The molecule has 0 fully saturated rings. The summed E-state index contributed by atoms with van der Waals surface area (Å²) in [6.07, 6.45) is 3.81. The zero-order chi connectivity index (χ0) is 29.1. The quantitative estimate of drug-likeness (QED) is 0.167. The number of halogens is 2. The first-order chi connectivity index (χ1) is 19.8. The van der Waals surface area contributed by atoms with Crippen LogP contribution in [0.3, 0.4) is 0 Å². The van der Waals surface area contributed by atoms with Gasteiger partial charge in [0.1, 0.15) is 12.4 Å². The molecule has 0 amide bonds. The first-order valence-corrected chi connectivity index (χ1v) is 15.6. The summed E-state index contributed by atoms with van der Waals surface area (Å²) in [5.41, 5.74) is 3.16. The van der Waals surface area contributed by atoms with Crippen LogP contribution in [0.4, 0.5) is 0 Å². The van der Waals surface area contributed by atoms with Gasteiger partial charge in [0.25, 0.3) is 5.56 Å². The van der Waals surface area contributed by atoms with E-state index in [1.807, 2.05) is 66.9 Å². The van der Waals surface area contributed by atoms with E-state index in [0.29, 0.717) is 43.0 Å². The molecule has 5 rings (SSSR count). The first-order valence-electron chi connectivity index (χ1n) is 12.8. The van der Waals surface area contributed by atoms with Crippen LogP contribution >= 0.6 is 46.3 Å². The van der Waals surface area contributed by atoms with E-state index in [-0.39, 0.29) is 12.2 Å². The maximum Gasteiger partial charge on any atom is 0.338 e. The van der Waals surface area contributed by atoms with Gasteiger partial charge in [-0.15, -0.1) is 11.8 Å². The Bertz CT molecular complexity index is 1830. The third-order valence-corrected chi connectivity index (χ3v) is 8.96. The monoisotopic (exact) mass is 624 g/mol. The lowest BCUT2D eigenvalue weighted by Crippen LogP contribution is -2.39. The van der Waals surface area contributed by atoms with Crippen molar-refractivity contribution in [1.29, 1.82) is 0 Å². The maximum absolute atomic E-state index is 13.9. The molecule has 210 valence electrons. The van der Waals surface area contributed by atoms with Crippen molar-refractivity contribution in [3.8, 4) is 5.75 Å². The van der Waals surface area contributed by atoms with Crippen LogP contribution in [-0.2, 0) is 16.1 Å². The highest BCUT2D eigenvalue weighted by molar-refractivity contribution is 7.98. The number of fused-ring (bicyclic) bond motifs is 1. The molecule has 0 spiro atoms. The number of benzene rings is 3. The van der Waals surface area contributed by atoms with E-state index in [4.69, 9.17) is 32.7 Å². The molecule has 2 heterocycles. The summed E-state index contributed by atoms with van der Waals surface area (Å²) in [5, 5.41) is 0.958. The number of rotatable bonds is 8. The molecular weight excluding hydrogens is 599 g/mol. The second-order valence-electron chi connectivity index (χ2n) is 9.19. The third kappa shape index (κ3) is 6.31. The van der Waals surface area contributed by atoms with Gasteiger partial charge in [0.2, 0.25) is 0 Å². The fourth-order valence-corrected chi connectivity index (χ4v) is 6.31. The molecule has 0 aliphatic carbocycles. The van der Waals surface area contributed by atoms with Crippen LogP contribution in [0.25, 0.3) is 6.08 Å². The molecule has 1 aliphatic rings. The predicted octanol–water partition coefficient (Wildman–Crippen LogP) is 6.41. The number of nitrogens with zero attached hydrogens (tertiary/aromatic N) is 2. The summed E-state index contributed by atoms with van der Waals surface area (Å²) >= 11 is 15.0. The van der Waals surface area contributed by atoms with Crippen LogP contribution < -0.4 is 19.6 Å². The predicted molar refractivity (Wildman–Crippen MR) is 166 cm³/mol. The summed E-state index contributed by atoms with van der Waals surface area (Å²) in [6.45, 7) is 4.07. The second-order valence-corrected chi connectivity index (χ2v) is 11.9. The number of ether oxygens (including phenoxy) is 2. The zero-order valence-corrected chi connectivity index (χ0v) is 25.7. The van der Waals surface area contributed by atoms with Gasteiger partial charge in [-0.05, 0) is 79.3 Å². The number of carbonyl (C=O) groups excluding carboxylic acids is 1. The Hall–Kier alpha value is -3.30. The van der Waals surface area contributed by atoms with Gasteiger partial charge < -0.3 is 9.47 Å². The molecule has 1 aliphatic heterocycles. The molecule has 6 nitrogen and oxygen atoms in total. The van der Waals surface area contributed by atoms with Gasteiger partial charge in [0.05, 0.1) is 38.5 Å². The number of hydrogen-bond acceptors (Lipinski definition) is 7. The van der Waals surface area contributed by atoms with Gasteiger partial charge in [-0.1, -0.05) is 64.9 Å². The van der Waals surface area contributed by atoms with E-state index >= 15 is 0 Å². The molecule has 0 bridgehead atoms. The van der Waals surface area contributed by atoms with Crippen molar-refractivity contribution in [1.82, 2.24) is 4.57 Å². The van der Waals surface area contributed by atoms with Crippen molar-refractivity contribution >= 4 is 58.3 Å². The van der Waals surface area contributed by atoms with E-state index in [1.54, 1.807) is 42.3 Å². The Morgan fingerprint density at radius 3 is 2.59 bits per heavy atom. The van der Waals surface area contributed by atoms with E-state index in [0.717, 1.165) is 21.6 Å². The molecule has 0 saturated carbocycles. The Morgan fingerprint density at radius 2 is 1.88 bits per heavy atom. The number of carbonyl (C=O) groups is 1. The van der Waals surface area contributed by atoms with E-state index < -0.39 is 12.0 Å². The topological polar surface area (TPSA) is 69.9 Å². The Morgan fingerprint density at radius 1 is 1.10 bits per heavy atom. The lowest BCUT2D eigenvalue weighted by Gasteiger charge is -2.24. The Labute approximate surface area is 255 Å². The summed E-state index contributed by atoms with van der Waals surface area (Å²) < 4.78 is 13.4. The smallest absolute Gasteiger partial charge is 0.338 e. The number of aromatic nitrogens is 1. The Kier molecular flexibility index (Phi) is 9.04. The van der Waals surface area contributed by atoms with Gasteiger partial charge in [0, 0.05) is 4.90 Å². The molecule has 10 heteroatoms. The standard InChI is InChI=1S/C31H26Cl2N2O4S2/c1-4-38-30(37)27-18(2)34-31-35(28(27)21-9-11-23(40-3)12-10-21)29(36)26(41-31)16-19-6-5-7-22(14-19)39-17-20-8-13-24(32)25(33)15-20/h5-16,28H,4,17H2,1-3H3/b26-16+/t28-/m1/s1. The SMILES string of the molecule is CCOC(=O)C1=C(C)N=c2s/c(=C/c3cccc(OCc4ccc(Cl)c(Cl)c4)c3)c(=O)n2[C@@H]1c1ccc(SC)cc1. The van der Waals surface area contributed by atoms with Gasteiger partial charge in [-0.2, -0.15) is 0 Å². The van der Waals surface area contributed by atoms with Crippen LogP contribution in [0, 0.1) is 0 Å². The lowest BCUT2D eigenvalue weighted by atomic mass is 9.96. The number of esters is 1. The maximum atomic E-state index is 13.9. The van der Waals surface area contributed by atoms with Crippen LogP contribution in [0.1, 0.15) is 36.6 Å². The minimum absolute atomic E-state index is 0.224. The Balaban J connectivity index is 1.52. The lowest BCUT2D eigenvalue weighted by molar-refractivity contribution is -0.139. The normalized spacial score (nSPS) is 15.0. The number of allylic oxidation sites excluding steroid dienone is 1. The number of thiazole rings is 1. The molecular formula is C31H26Cl2N2O4S2. The summed E-state index contributed by atoms with van der Waals surface area (Å²) in [4.78, 5) is 33.2. The van der Waals surface area contributed by atoms with Crippen molar-refractivity contribution in [3.63, 3.8) is 0 Å². The zero-order valence-electron chi connectivity index (χ0n) is 22.5. The van der Waals surface area contributed by atoms with E-state index in [9.17, 15) is 9.59 Å². The van der Waals surface area contributed by atoms with Crippen LogP contribution in [0.15, 0.2) is 92.7 Å². The van der Waals surface area contributed by atoms with Crippen LogP contribution in [0.2, 0.25) is 10.0 Å². The summed E-state index contributed by atoms with van der Waals surface area (Å²) in [5.74, 6) is 0.165. The first kappa shape index (κ1) is 29.2. The summed E-state index contributed by atoms with van der Waals surface area (Å²) in [6, 6.07) is 20.1. The van der Waals surface area contributed by atoms with Gasteiger partial charge in [-0.3, -0.25) is 9.36 Å². The highest BCUT2D eigenvalue weighted by atomic mass is 35.5. The average molecular weight is 626 g/mol. The molecule has 0 radical (unpaired) electrons. The third-order valence-electron chi connectivity index (χ3n) is 6.49. The molecule has 3 aromatic carbocycles. The van der Waals surface area contributed by atoms with E-state index in [2.05, 4.69) is 4.99 Å².